The van der Waals surface area contributed by atoms with Crippen molar-refractivity contribution >= 4 is 45.4 Å². The number of carbonyl (C=O) groups is 2. The molecule has 0 saturated carbocycles. The Morgan fingerprint density at radius 1 is 1.00 bits per heavy atom. The molecule has 0 atom stereocenters. The Labute approximate surface area is 245 Å². The summed E-state index contributed by atoms with van der Waals surface area (Å²) >= 11 is 1.23. The molecule has 5 rings (SSSR count). The summed E-state index contributed by atoms with van der Waals surface area (Å²) in [5.74, 6) is 0.947. The molecule has 0 bridgehead atoms. The topological polar surface area (TPSA) is 164 Å². The fraction of sp³-hybridized carbons (Fsp3) is 0.276. The highest BCUT2D eigenvalue weighted by atomic mass is 32.1. The monoisotopic (exact) mass is 590 g/mol. The Morgan fingerprint density at radius 3 is 2.43 bits per heavy atom. The maximum atomic E-state index is 12.6. The van der Waals surface area contributed by atoms with Crippen molar-refractivity contribution < 1.29 is 28.3 Å². The minimum atomic E-state index is -0.670. The van der Waals surface area contributed by atoms with Gasteiger partial charge in [0.15, 0.2) is 16.6 Å². The largest absolute Gasteiger partial charge is 0.493 e. The number of thiazole rings is 1. The Kier molecular flexibility index (Phi) is 8.38. The van der Waals surface area contributed by atoms with Crippen LogP contribution >= 0.6 is 11.3 Å². The van der Waals surface area contributed by atoms with Gasteiger partial charge in [-0.1, -0.05) is 28.6 Å². The average Bonchev–Trinajstić information content (AvgIpc) is 3.63. The first-order valence-corrected chi connectivity index (χ1v) is 14.0. The number of allylic oxidation sites excluding steroid dienone is 1. The zero-order valence-corrected chi connectivity index (χ0v) is 24.4. The van der Waals surface area contributed by atoms with E-state index < -0.39 is 11.7 Å². The van der Waals surface area contributed by atoms with Gasteiger partial charge < -0.3 is 35.1 Å². The number of aromatic nitrogens is 3. The average molecular weight is 591 g/mol. The van der Waals surface area contributed by atoms with E-state index in [4.69, 9.17) is 24.5 Å². The molecule has 0 aliphatic heterocycles. The van der Waals surface area contributed by atoms with Crippen molar-refractivity contribution in [2.24, 2.45) is 0 Å². The molecule has 1 aliphatic rings. The van der Waals surface area contributed by atoms with Crippen LogP contribution in [-0.2, 0) is 9.59 Å². The molecule has 12 nitrogen and oxygen atoms in total. The van der Waals surface area contributed by atoms with Gasteiger partial charge in [-0.05, 0) is 50.3 Å². The molecule has 42 heavy (non-hydrogen) atoms. The van der Waals surface area contributed by atoms with Crippen LogP contribution in [0.3, 0.4) is 0 Å². The van der Waals surface area contributed by atoms with Gasteiger partial charge in [-0.15, -0.1) is 0 Å². The first-order chi connectivity index (χ1) is 20.3. The molecule has 0 unspecified atom stereocenters. The van der Waals surface area contributed by atoms with E-state index in [2.05, 4.69) is 25.8 Å². The lowest BCUT2D eigenvalue weighted by atomic mass is 9.96. The number of methoxy groups -OCH3 is 3. The van der Waals surface area contributed by atoms with Gasteiger partial charge in [0.25, 0.3) is 11.8 Å². The lowest BCUT2D eigenvalue weighted by Gasteiger charge is -2.14. The zero-order valence-electron chi connectivity index (χ0n) is 23.6. The van der Waals surface area contributed by atoms with Crippen LogP contribution in [0.2, 0.25) is 0 Å². The fourth-order valence-corrected chi connectivity index (χ4v) is 5.39. The van der Waals surface area contributed by atoms with E-state index in [1.807, 2.05) is 19.1 Å². The van der Waals surface area contributed by atoms with Crippen LogP contribution in [0.25, 0.3) is 22.2 Å². The third kappa shape index (κ3) is 5.91. The summed E-state index contributed by atoms with van der Waals surface area (Å²) < 4.78 is 21.8. The van der Waals surface area contributed by atoms with Gasteiger partial charge in [0.1, 0.15) is 10.7 Å². The van der Waals surface area contributed by atoms with Crippen LogP contribution in [0.5, 0.6) is 17.2 Å². The summed E-state index contributed by atoms with van der Waals surface area (Å²) in [6.45, 7) is 1.88. The summed E-state index contributed by atoms with van der Waals surface area (Å²) in [6, 6.07) is 8.74. The number of aryl methyl sites for hydroxylation is 1. The molecule has 4 N–H and O–H groups in total. The van der Waals surface area contributed by atoms with Crippen molar-refractivity contribution in [2.75, 3.05) is 37.7 Å². The molecular formula is C29H30N6O6S. The molecule has 0 radical (unpaired) electrons. The quantitative estimate of drug-likeness (QED) is 0.199. The van der Waals surface area contributed by atoms with Gasteiger partial charge in [0.2, 0.25) is 17.4 Å². The fourth-order valence-electron chi connectivity index (χ4n) is 4.56. The summed E-state index contributed by atoms with van der Waals surface area (Å²) in [5.41, 5.74) is 9.35. The van der Waals surface area contributed by atoms with Crippen molar-refractivity contribution in [3.05, 3.63) is 47.5 Å². The molecular weight excluding hydrogens is 560 g/mol. The van der Waals surface area contributed by atoms with Crippen LogP contribution in [0, 0.1) is 6.92 Å². The third-order valence-electron chi connectivity index (χ3n) is 6.71. The Balaban J connectivity index is 1.35. The van der Waals surface area contributed by atoms with Gasteiger partial charge in [-0.3, -0.25) is 9.59 Å². The first-order valence-electron chi connectivity index (χ1n) is 13.1. The lowest BCUT2D eigenvalue weighted by Crippen LogP contribution is -2.25. The highest BCUT2D eigenvalue weighted by Crippen LogP contribution is 2.42. The van der Waals surface area contributed by atoms with Crippen LogP contribution < -0.4 is 30.6 Å². The van der Waals surface area contributed by atoms with Gasteiger partial charge >= 0.3 is 0 Å². The third-order valence-corrected chi connectivity index (χ3v) is 7.69. The van der Waals surface area contributed by atoms with Crippen LogP contribution in [0.1, 0.15) is 31.2 Å². The van der Waals surface area contributed by atoms with E-state index in [1.165, 1.54) is 32.7 Å². The highest BCUT2D eigenvalue weighted by Gasteiger charge is 2.23. The Bertz CT molecular complexity index is 1650. The maximum absolute atomic E-state index is 12.6. The van der Waals surface area contributed by atoms with Crippen molar-refractivity contribution in [3.63, 3.8) is 0 Å². The van der Waals surface area contributed by atoms with Crippen LogP contribution in [0.4, 0.5) is 22.3 Å². The number of hydrogen-bond donors (Lipinski definition) is 3. The summed E-state index contributed by atoms with van der Waals surface area (Å²) in [6.07, 6.45) is 5.23. The number of carbonyl (C=O) groups excluding carboxylic acids is 2. The molecule has 1 aliphatic carbocycles. The van der Waals surface area contributed by atoms with Gasteiger partial charge in [-0.2, -0.15) is 4.98 Å². The van der Waals surface area contributed by atoms with E-state index in [1.54, 1.807) is 24.3 Å². The molecule has 13 heteroatoms. The first kappa shape index (κ1) is 28.6. The molecule has 2 aromatic carbocycles. The number of nitrogens with two attached hydrogens (primary N) is 1. The maximum Gasteiger partial charge on any atom is 0.296 e. The van der Waals surface area contributed by atoms with Crippen molar-refractivity contribution in [1.82, 2.24) is 15.1 Å². The number of benzene rings is 2. The highest BCUT2D eigenvalue weighted by molar-refractivity contribution is 7.19. The van der Waals surface area contributed by atoms with E-state index in [0.717, 1.165) is 24.8 Å². The van der Waals surface area contributed by atoms with E-state index in [9.17, 15) is 9.59 Å². The lowest BCUT2D eigenvalue weighted by molar-refractivity contribution is -0.132. The molecule has 4 aromatic rings. The molecule has 1 amide bonds. The normalized spacial score (nSPS) is 12.8. The predicted molar refractivity (Wildman–Crippen MR) is 160 cm³/mol. The number of nitrogens with one attached hydrogen (secondary N) is 2. The van der Waals surface area contributed by atoms with Crippen molar-refractivity contribution in [2.45, 2.75) is 32.6 Å². The Morgan fingerprint density at radius 2 is 1.76 bits per heavy atom. The van der Waals surface area contributed by atoms with Crippen molar-refractivity contribution in [1.29, 1.82) is 0 Å². The number of Topliss-reactive ketones (excluding diaryl/α,β-unsaturated/α-hetero) is 1. The van der Waals surface area contributed by atoms with Crippen LogP contribution in [-0.4, -0.2) is 48.1 Å². The van der Waals surface area contributed by atoms with Gasteiger partial charge in [-0.25, -0.2) is 4.98 Å². The standard InChI is InChI=1S/C29H30N6O6S/c1-15-10-11-17(31-27(37)22(36)16-8-6-5-7-9-16)12-19(15)26-34-28(41-35-26)24-25(30)33-29(42-24)32-18-13-20(38-2)23(40-4)21(14-18)39-3/h8,10-14H,5-7,9,30H2,1-4H3,(H,31,37)(H,32,33). The van der Waals surface area contributed by atoms with Crippen molar-refractivity contribution in [3.8, 4) is 39.4 Å². The molecule has 218 valence electrons. The number of rotatable bonds is 10. The minimum Gasteiger partial charge on any atom is -0.493 e. The Hall–Kier alpha value is -4.91. The summed E-state index contributed by atoms with van der Waals surface area (Å²) in [7, 11) is 4.60. The molecule has 0 fully saturated rings. The summed E-state index contributed by atoms with van der Waals surface area (Å²) in [5, 5.41) is 10.5. The second kappa shape index (κ2) is 12.3. The second-order valence-electron chi connectivity index (χ2n) is 9.48. The van der Waals surface area contributed by atoms with E-state index in [0.29, 0.717) is 62.0 Å². The van der Waals surface area contributed by atoms with E-state index >= 15 is 0 Å². The number of ether oxygens (including phenoxy) is 3. The predicted octanol–water partition coefficient (Wildman–Crippen LogP) is 5.53. The smallest absolute Gasteiger partial charge is 0.296 e. The zero-order chi connectivity index (χ0) is 29.8. The molecule has 2 aromatic heterocycles. The minimum absolute atomic E-state index is 0.186. The number of ketones is 1. The summed E-state index contributed by atoms with van der Waals surface area (Å²) in [4.78, 5) is 34.6. The van der Waals surface area contributed by atoms with E-state index in [-0.39, 0.29) is 11.7 Å². The number of hydrogen-bond acceptors (Lipinski definition) is 12. The SMILES string of the molecule is COc1cc(Nc2nc(N)c(-c3nc(-c4cc(NC(=O)C(=O)C5=CCCCC5)ccc4C)no3)s2)cc(OC)c1OC. The molecule has 0 saturated heterocycles. The van der Waals surface area contributed by atoms with Gasteiger partial charge in [0, 0.05) is 34.6 Å². The number of nitrogens with zero attached hydrogens (tertiary/aromatic N) is 3. The number of amides is 1. The number of anilines is 4. The van der Waals surface area contributed by atoms with Gasteiger partial charge in [0.05, 0.1) is 21.3 Å². The van der Waals surface area contributed by atoms with Crippen LogP contribution in [0.15, 0.2) is 46.5 Å². The molecule has 2 heterocycles. The second-order valence-corrected chi connectivity index (χ2v) is 10.5. The molecule has 0 spiro atoms. The number of nitrogen functional groups attached to an aromatic ring is 1.